The molecule has 0 radical (unpaired) electrons. The van der Waals surface area contributed by atoms with Crippen molar-refractivity contribution in [2.75, 3.05) is 27.4 Å². The zero-order valence-electron chi connectivity index (χ0n) is 12.5. The Morgan fingerprint density at radius 1 is 0.864 bits per heavy atom. The highest BCUT2D eigenvalue weighted by Gasteiger charge is 2.18. The van der Waals surface area contributed by atoms with E-state index in [9.17, 15) is 5.11 Å². The Hall–Kier alpha value is -2.40. The van der Waals surface area contributed by atoms with Gasteiger partial charge in [-0.3, -0.25) is 0 Å². The lowest BCUT2D eigenvalue weighted by atomic mass is 10.0. The van der Waals surface area contributed by atoms with Crippen LogP contribution in [-0.4, -0.2) is 32.5 Å². The Kier molecular flexibility index (Phi) is 4.06. The average molecular weight is 302 g/mol. The van der Waals surface area contributed by atoms with E-state index in [0.29, 0.717) is 41.8 Å². The van der Waals surface area contributed by atoms with Gasteiger partial charge in [0.05, 0.1) is 14.2 Å². The van der Waals surface area contributed by atoms with Gasteiger partial charge < -0.3 is 24.1 Å². The number of benzene rings is 2. The highest BCUT2D eigenvalue weighted by atomic mass is 16.6. The molecule has 2 aromatic carbocycles. The lowest BCUT2D eigenvalue weighted by Gasteiger charge is -2.20. The minimum atomic E-state index is -0.782. The molecule has 1 aliphatic heterocycles. The molecule has 0 spiro atoms. The van der Waals surface area contributed by atoms with E-state index in [1.807, 2.05) is 18.2 Å². The SMILES string of the molecule is COc1ccc([C@@H](O)c2ccc3c(c2)OCCO3)cc1OC. The van der Waals surface area contributed by atoms with Crippen molar-refractivity contribution in [1.82, 2.24) is 0 Å². The maximum atomic E-state index is 10.6. The Morgan fingerprint density at radius 2 is 1.50 bits per heavy atom. The molecule has 0 fully saturated rings. The number of hydrogen-bond donors (Lipinski definition) is 1. The van der Waals surface area contributed by atoms with Crippen molar-refractivity contribution in [3.05, 3.63) is 47.5 Å². The first-order valence-electron chi connectivity index (χ1n) is 7.02. The van der Waals surface area contributed by atoms with Gasteiger partial charge in [0.15, 0.2) is 23.0 Å². The second-order valence-electron chi connectivity index (χ2n) is 4.92. The summed E-state index contributed by atoms with van der Waals surface area (Å²) in [7, 11) is 3.15. The summed E-state index contributed by atoms with van der Waals surface area (Å²) in [5.41, 5.74) is 1.45. The van der Waals surface area contributed by atoms with Crippen LogP contribution in [0.1, 0.15) is 17.2 Å². The lowest BCUT2D eigenvalue weighted by Crippen LogP contribution is -2.15. The topological polar surface area (TPSA) is 57.2 Å². The fraction of sp³-hybridized carbons (Fsp3) is 0.294. The molecule has 5 heteroatoms. The molecule has 0 aliphatic carbocycles. The molecular weight excluding hydrogens is 284 g/mol. The van der Waals surface area contributed by atoms with Gasteiger partial charge in [0, 0.05) is 0 Å². The van der Waals surface area contributed by atoms with Gasteiger partial charge in [0.1, 0.15) is 19.3 Å². The largest absolute Gasteiger partial charge is 0.493 e. The minimum Gasteiger partial charge on any atom is -0.493 e. The van der Waals surface area contributed by atoms with Crippen LogP contribution < -0.4 is 18.9 Å². The van der Waals surface area contributed by atoms with Crippen LogP contribution >= 0.6 is 0 Å². The van der Waals surface area contributed by atoms with E-state index in [2.05, 4.69) is 0 Å². The lowest BCUT2D eigenvalue weighted by molar-refractivity contribution is 0.169. The summed E-state index contributed by atoms with van der Waals surface area (Å²) in [5, 5.41) is 10.6. The summed E-state index contributed by atoms with van der Waals surface area (Å²) in [6.45, 7) is 1.06. The van der Waals surface area contributed by atoms with Crippen molar-refractivity contribution in [2.45, 2.75) is 6.10 Å². The summed E-state index contributed by atoms with van der Waals surface area (Å²) in [5.74, 6) is 2.56. The van der Waals surface area contributed by atoms with Crippen molar-refractivity contribution in [1.29, 1.82) is 0 Å². The van der Waals surface area contributed by atoms with Crippen LogP contribution in [0.25, 0.3) is 0 Å². The highest BCUT2D eigenvalue weighted by molar-refractivity contribution is 5.48. The molecule has 0 amide bonds. The molecule has 0 bridgehead atoms. The van der Waals surface area contributed by atoms with Crippen molar-refractivity contribution in [2.24, 2.45) is 0 Å². The molecule has 1 atom stereocenters. The number of aliphatic hydroxyl groups is 1. The summed E-state index contributed by atoms with van der Waals surface area (Å²) >= 11 is 0. The van der Waals surface area contributed by atoms with Crippen LogP contribution in [0.5, 0.6) is 23.0 Å². The molecule has 0 unspecified atom stereocenters. The van der Waals surface area contributed by atoms with Crippen molar-refractivity contribution in [3.8, 4) is 23.0 Å². The summed E-state index contributed by atoms with van der Waals surface area (Å²) in [6.07, 6.45) is -0.782. The summed E-state index contributed by atoms with van der Waals surface area (Å²) in [6, 6.07) is 10.8. The monoisotopic (exact) mass is 302 g/mol. The minimum absolute atomic E-state index is 0.517. The quantitative estimate of drug-likeness (QED) is 0.940. The van der Waals surface area contributed by atoms with E-state index in [-0.39, 0.29) is 0 Å². The fourth-order valence-electron chi connectivity index (χ4n) is 2.45. The third-order valence-corrected chi connectivity index (χ3v) is 3.61. The zero-order chi connectivity index (χ0) is 15.5. The molecule has 1 N–H and O–H groups in total. The number of hydrogen-bond acceptors (Lipinski definition) is 5. The first-order valence-corrected chi connectivity index (χ1v) is 7.02. The zero-order valence-corrected chi connectivity index (χ0v) is 12.5. The van der Waals surface area contributed by atoms with E-state index in [1.165, 1.54) is 0 Å². The van der Waals surface area contributed by atoms with Crippen molar-refractivity contribution >= 4 is 0 Å². The number of methoxy groups -OCH3 is 2. The van der Waals surface area contributed by atoms with Crippen LogP contribution in [0.2, 0.25) is 0 Å². The van der Waals surface area contributed by atoms with E-state index < -0.39 is 6.10 Å². The standard InChI is InChI=1S/C17H18O5/c1-19-13-5-3-11(9-15(13)20-2)17(18)12-4-6-14-16(10-12)22-8-7-21-14/h3-6,9-10,17-18H,7-8H2,1-2H3/t17-/m1/s1. The van der Waals surface area contributed by atoms with Gasteiger partial charge >= 0.3 is 0 Å². The Bertz CT molecular complexity index is 629. The molecule has 2 aromatic rings. The van der Waals surface area contributed by atoms with Gasteiger partial charge in [-0.25, -0.2) is 0 Å². The number of aliphatic hydroxyl groups excluding tert-OH is 1. The predicted molar refractivity (Wildman–Crippen MR) is 81.0 cm³/mol. The smallest absolute Gasteiger partial charge is 0.161 e. The van der Waals surface area contributed by atoms with Crippen LogP contribution in [0.15, 0.2) is 36.4 Å². The second-order valence-corrected chi connectivity index (χ2v) is 4.92. The fourth-order valence-corrected chi connectivity index (χ4v) is 2.45. The number of ether oxygens (including phenoxy) is 4. The molecule has 0 aromatic heterocycles. The summed E-state index contributed by atoms with van der Waals surface area (Å²) in [4.78, 5) is 0. The number of fused-ring (bicyclic) bond motifs is 1. The molecule has 116 valence electrons. The summed E-state index contributed by atoms with van der Waals surface area (Å²) < 4.78 is 21.5. The van der Waals surface area contributed by atoms with Gasteiger partial charge in [-0.05, 0) is 35.4 Å². The van der Waals surface area contributed by atoms with E-state index in [4.69, 9.17) is 18.9 Å². The molecule has 5 nitrogen and oxygen atoms in total. The van der Waals surface area contributed by atoms with Gasteiger partial charge in [-0.2, -0.15) is 0 Å². The van der Waals surface area contributed by atoms with Gasteiger partial charge in [-0.1, -0.05) is 12.1 Å². The normalized spacial score (nSPS) is 14.3. The maximum Gasteiger partial charge on any atom is 0.161 e. The van der Waals surface area contributed by atoms with Crippen molar-refractivity contribution in [3.63, 3.8) is 0 Å². The van der Waals surface area contributed by atoms with Crippen LogP contribution in [0, 0.1) is 0 Å². The third-order valence-electron chi connectivity index (χ3n) is 3.61. The van der Waals surface area contributed by atoms with Gasteiger partial charge in [-0.15, -0.1) is 0 Å². The predicted octanol–water partition coefficient (Wildman–Crippen LogP) is 2.56. The first kappa shape index (κ1) is 14.5. The Morgan fingerprint density at radius 3 is 2.23 bits per heavy atom. The average Bonchev–Trinajstić information content (AvgIpc) is 2.60. The van der Waals surface area contributed by atoms with Crippen LogP contribution in [-0.2, 0) is 0 Å². The highest BCUT2D eigenvalue weighted by Crippen LogP contribution is 2.36. The molecule has 1 heterocycles. The second kappa shape index (κ2) is 6.15. The van der Waals surface area contributed by atoms with E-state index in [0.717, 1.165) is 5.56 Å². The van der Waals surface area contributed by atoms with E-state index in [1.54, 1.807) is 32.4 Å². The van der Waals surface area contributed by atoms with Gasteiger partial charge in [0.25, 0.3) is 0 Å². The molecule has 0 saturated carbocycles. The maximum absolute atomic E-state index is 10.6. The van der Waals surface area contributed by atoms with Gasteiger partial charge in [0.2, 0.25) is 0 Å². The third kappa shape index (κ3) is 2.67. The van der Waals surface area contributed by atoms with Crippen LogP contribution in [0.3, 0.4) is 0 Å². The molecule has 0 saturated heterocycles. The molecular formula is C17H18O5. The number of rotatable bonds is 4. The van der Waals surface area contributed by atoms with Crippen molar-refractivity contribution < 1.29 is 24.1 Å². The Balaban J connectivity index is 1.91. The molecule has 3 rings (SSSR count). The Labute approximate surface area is 129 Å². The molecule has 1 aliphatic rings. The van der Waals surface area contributed by atoms with Crippen LogP contribution in [0.4, 0.5) is 0 Å². The van der Waals surface area contributed by atoms with E-state index >= 15 is 0 Å². The first-order chi connectivity index (χ1) is 10.7. The molecule has 22 heavy (non-hydrogen) atoms.